The number of aromatic amines is 1. The first-order valence-electron chi connectivity index (χ1n) is 6.67. The molecule has 0 unspecified atom stereocenters. The normalized spacial score (nSPS) is 10.5. The number of methoxy groups -OCH3 is 1. The Morgan fingerprint density at radius 2 is 2.00 bits per heavy atom. The molecule has 7 nitrogen and oxygen atoms in total. The van der Waals surface area contributed by atoms with E-state index < -0.39 is 4.92 Å². The van der Waals surface area contributed by atoms with Gasteiger partial charge in [-0.05, 0) is 42.5 Å². The van der Waals surface area contributed by atoms with E-state index in [-0.39, 0.29) is 5.69 Å². The highest BCUT2D eigenvalue weighted by Crippen LogP contribution is 2.25. The lowest BCUT2D eigenvalue weighted by molar-refractivity contribution is -0.384. The molecule has 0 saturated carbocycles. The predicted octanol–water partition coefficient (Wildman–Crippen LogP) is 3.51. The summed E-state index contributed by atoms with van der Waals surface area (Å²) in [5, 5.41) is 17.9. The van der Waals surface area contributed by atoms with Crippen molar-refractivity contribution in [2.75, 3.05) is 7.11 Å². The van der Waals surface area contributed by atoms with Gasteiger partial charge in [0.1, 0.15) is 5.75 Å². The van der Waals surface area contributed by atoms with Crippen LogP contribution in [-0.4, -0.2) is 26.8 Å². The van der Waals surface area contributed by atoms with Crippen LogP contribution in [0.3, 0.4) is 0 Å². The molecule has 0 spiro atoms. The Morgan fingerprint density at radius 1 is 1.26 bits per heavy atom. The summed E-state index contributed by atoms with van der Waals surface area (Å²) in [4.78, 5) is 10.5. The number of hydrogen-bond acceptors (Lipinski definition) is 5. The van der Waals surface area contributed by atoms with Crippen molar-refractivity contribution in [1.82, 2.24) is 14.8 Å². The summed E-state index contributed by atoms with van der Waals surface area (Å²) in [5.74, 6) is 1.29. The first-order valence-corrected chi connectivity index (χ1v) is 7.07. The molecular weight excluding hydrogens is 316 g/mol. The fraction of sp³-hybridized carbons (Fsp3) is 0.0667. The van der Waals surface area contributed by atoms with Crippen molar-refractivity contribution in [3.63, 3.8) is 0 Å². The van der Waals surface area contributed by atoms with Gasteiger partial charge in [-0.15, -0.1) is 0 Å². The molecule has 1 aromatic heterocycles. The molecule has 0 saturated heterocycles. The van der Waals surface area contributed by atoms with E-state index in [1.54, 1.807) is 23.8 Å². The lowest BCUT2D eigenvalue weighted by Crippen LogP contribution is -1.99. The molecule has 0 aliphatic carbocycles. The van der Waals surface area contributed by atoms with Gasteiger partial charge in [0, 0.05) is 17.7 Å². The van der Waals surface area contributed by atoms with Gasteiger partial charge >= 0.3 is 0 Å². The van der Waals surface area contributed by atoms with Gasteiger partial charge in [-0.2, -0.15) is 5.10 Å². The number of benzene rings is 2. The molecule has 0 fully saturated rings. The minimum absolute atomic E-state index is 0.00807. The number of aromatic nitrogens is 3. The zero-order valence-electron chi connectivity index (χ0n) is 12.1. The van der Waals surface area contributed by atoms with E-state index in [4.69, 9.17) is 17.0 Å². The monoisotopic (exact) mass is 328 g/mol. The molecule has 3 aromatic rings. The average Bonchev–Trinajstić information content (AvgIpc) is 2.96. The van der Waals surface area contributed by atoms with E-state index in [1.807, 2.05) is 24.3 Å². The Bertz CT molecular complexity index is 915. The van der Waals surface area contributed by atoms with E-state index in [9.17, 15) is 10.1 Å². The van der Waals surface area contributed by atoms with Gasteiger partial charge < -0.3 is 4.74 Å². The number of H-pyrrole nitrogens is 1. The van der Waals surface area contributed by atoms with Gasteiger partial charge in [0.25, 0.3) is 5.69 Å². The molecule has 116 valence electrons. The van der Waals surface area contributed by atoms with Crippen LogP contribution in [0.5, 0.6) is 5.75 Å². The molecule has 0 atom stereocenters. The van der Waals surface area contributed by atoms with Gasteiger partial charge in [0.2, 0.25) is 0 Å². The molecule has 23 heavy (non-hydrogen) atoms. The van der Waals surface area contributed by atoms with Crippen molar-refractivity contribution in [2.45, 2.75) is 0 Å². The Kier molecular flexibility index (Phi) is 3.90. The van der Waals surface area contributed by atoms with Crippen molar-refractivity contribution in [3.8, 4) is 22.8 Å². The van der Waals surface area contributed by atoms with Crippen LogP contribution in [0, 0.1) is 14.9 Å². The maximum Gasteiger partial charge on any atom is 0.271 e. The second-order valence-electron chi connectivity index (χ2n) is 4.69. The van der Waals surface area contributed by atoms with Crippen LogP contribution >= 0.6 is 12.2 Å². The van der Waals surface area contributed by atoms with Crippen LogP contribution in [0.1, 0.15) is 0 Å². The molecular formula is C15H12N4O3S. The van der Waals surface area contributed by atoms with Crippen LogP contribution in [0.15, 0.2) is 48.5 Å². The smallest absolute Gasteiger partial charge is 0.271 e. The minimum atomic E-state index is -0.444. The summed E-state index contributed by atoms with van der Waals surface area (Å²) in [6.45, 7) is 0. The number of nitro benzene ring substituents is 1. The van der Waals surface area contributed by atoms with Crippen LogP contribution in [0.2, 0.25) is 0 Å². The molecule has 0 bridgehead atoms. The molecule has 0 aliphatic heterocycles. The standard InChI is InChI=1S/C15H12N4O3S/c1-22-13-7-5-10(6-8-13)14-16-17-15(23)18(14)11-3-2-4-12(9-11)19(20)21/h2-9H,1H3,(H,17,23). The van der Waals surface area contributed by atoms with Gasteiger partial charge in [-0.1, -0.05) is 6.07 Å². The van der Waals surface area contributed by atoms with Crippen LogP contribution < -0.4 is 4.74 Å². The highest BCUT2D eigenvalue weighted by atomic mass is 32.1. The second kappa shape index (κ2) is 6.01. The van der Waals surface area contributed by atoms with Crippen molar-refractivity contribution in [3.05, 3.63) is 63.4 Å². The third-order valence-corrected chi connectivity index (χ3v) is 3.59. The largest absolute Gasteiger partial charge is 0.497 e. The lowest BCUT2D eigenvalue weighted by Gasteiger charge is -2.07. The number of ether oxygens (including phenoxy) is 1. The highest BCUT2D eigenvalue weighted by molar-refractivity contribution is 7.71. The summed E-state index contributed by atoms with van der Waals surface area (Å²) in [7, 11) is 1.59. The first-order chi connectivity index (χ1) is 11.1. The van der Waals surface area contributed by atoms with E-state index >= 15 is 0 Å². The molecule has 8 heteroatoms. The minimum Gasteiger partial charge on any atom is -0.497 e. The molecule has 1 heterocycles. The first kappa shape index (κ1) is 14.9. The zero-order chi connectivity index (χ0) is 16.4. The third kappa shape index (κ3) is 2.84. The predicted molar refractivity (Wildman–Crippen MR) is 87.4 cm³/mol. The van der Waals surface area contributed by atoms with Crippen LogP contribution in [0.4, 0.5) is 5.69 Å². The maximum absolute atomic E-state index is 11.0. The number of non-ortho nitro benzene ring substituents is 1. The molecule has 2 aromatic carbocycles. The van der Waals surface area contributed by atoms with Gasteiger partial charge in [0.05, 0.1) is 17.7 Å². The van der Waals surface area contributed by atoms with Crippen LogP contribution in [0.25, 0.3) is 17.1 Å². The Balaban J connectivity index is 2.13. The molecule has 0 amide bonds. The number of rotatable bonds is 4. The van der Waals surface area contributed by atoms with Gasteiger partial charge in [-0.25, -0.2) is 0 Å². The average molecular weight is 328 g/mol. The molecule has 3 rings (SSSR count). The Labute approximate surface area is 136 Å². The van der Waals surface area contributed by atoms with Crippen molar-refractivity contribution < 1.29 is 9.66 Å². The number of nitrogens with zero attached hydrogens (tertiary/aromatic N) is 3. The lowest BCUT2D eigenvalue weighted by atomic mass is 10.2. The molecule has 1 N–H and O–H groups in total. The maximum atomic E-state index is 11.0. The molecule has 0 radical (unpaired) electrons. The SMILES string of the molecule is COc1ccc(-c2n[nH]c(=S)n2-c2cccc([N+](=O)[O-])c2)cc1. The van der Waals surface area contributed by atoms with Crippen molar-refractivity contribution in [1.29, 1.82) is 0 Å². The van der Waals surface area contributed by atoms with Gasteiger partial charge in [0.15, 0.2) is 10.6 Å². The number of hydrogen-bond donors (Lipinski definition) is 1. The second-order valence-corrected chi connectivity index (χ2v) is 5.08. The fourth-order valence-electron chi connectivity index (χ4n) is 2.22. The van der Waals surface area contributed by atoms with Crippen molar-refractivity contribution in [2.24, 2.45) is 0 Å². The summed E-state index contributed by atoms with van der Waals surface area (Å²) < 4.78 is 7.15. The molecule has 0 aliphatic rings. The number of nitrogens with one attached hydrogen (secondary N) is 1. The summed E-state index contributed by atoms with van der Waals surface area (Å²) >= 11 is 5.26. The summed E-state index contributed by atoms with van der Waals surface area (Å²) in [6, 6.07) is 13.6. The Morgan fingerprint density at radius 3 is 2.65 bits per heavy atom. The van der Waals surface area contributed by atoms with Crippen molar-refractivity contribution >= 4 is 17.9 Å². The van der Waals surface area contributed by atoms with E-state index in [1.165, 1.54) is 12.1 Å². The van der Waals surface area contributed by atoms with E-state index in [2.05, 4.69) is 10.2 Å². The fourth-order valence-corrected chi connectivity index (χ4v) is 2.45. The summed E-state index contributed by atoms with van der Waals surface area (Å²) in [6.07, 6.45) is 0. The van der Waals surface area contributed by atoms with E-state index in [0.29, 0.717) is 16.3 Å². The Hall–Kier alpha value is -3.00. The topological polar surface area (TPSA) is 86.0 Å². The van der Waals surface area contributed by atoms with Gasteiger partial charge in [-0.3, -0.25) is 19.8 Å². The highest BCUT2D eigenvalue weighted by Gasteiger charge is 2.13. The summed E-state index contributed by atoms with van der Waals surface area (Å²) in [5.41, 5.74) is 1.37. The quantitative estimate of drug-likeness (QED) is 0.450. The van der Waals surface area contributed by atoms with E-state index in [0.717, 1.165) is 11.3 Å². The number of nitro groups is 1. The van der Waals surface area contributed by atoms with Crippen LogP contribution in [-0.2, 0) is 0 Å². The third-order valence-electron chi connectivity index (χ3n) is 3.32. The zero-order valence-corrected chi connectivity index (χ0v) is 12.9.